The number of rotatable bonds is 6. The molecule has 0 aliphatic carbocycles. The fraction of sp³-hybridized carbons (Fsp3) is 0.278. The molecule has 0 bridgehead atoms. The molecular weight excluding hydrogens is 353 g/mol. The first-order chi connectivity index (χ1) is 13.0. The van der Waals surface area contributed by atoms with Gasteiger partial charge in [-0.05, 0) is 43.7 Å². The number of carbonyl (C=O) groups excluding carboxylic acids is 1. The quantitative estimate of drug-likeness (QED) is 0.711. The molecule has 2 heterocycles. The zero-order valence-corrected chi connectivity index (χ0v) is 14.8. The number of nitrogens with zero attached hydrogens (tertiary/aromatic N) is 4. The van der Waals surface area contributed by atoms with Crippen LogP contribution >= 0.6 is 0 Å². The molecule has 140 valence electrons. The van der Waals surface area contributed by atoms with Crippen LogP contribution in [0.25, 0.3) is 11.3 Å². The molecule has 1 amide bonds. The Kier molecular flexibility index (Phi) is 5.39. The summed E-state index contributed by atoms with van der Waals surface area (Å²) in [4.78, 5) is 28.1. The number of carbonyl (C=O) groups is 1. The zero-order chi connectivity index (χ0) is 19.4. The fourth-order valence-electron chi connectivity index (χ4n) is 2.27. The summed E-state index contributed by atoms with van der Waals surface area (Å²) in [5, 5.41) is 10.7. The third-order valence-electron chi connectivity index (χ3n) is 3.95. The summed E-state index contributed by atoms with van der Waals surface area (Å²) in [7, 11) is 0. The highest BCUT2D eigenvalue weighted by molar-refractivity contribution is 5.89. The number of amides is 1. The van der Waals surface area contributed by atoms with Crippen molar-refractivity contribution in [3.8, 4) is 11.3 Å². The zero-order valence-electron chi connectivity index (χ0n) is 14.8. The largest absolute Gasteiger partial charge is 0.345 e. The first-order valence-corrected chi connectivity index (χ1v) is 8.44. The van der Waals surface area contributed by atoms with Gasteiger partial charge < -0.3 is 9.84 Å². The summed E-state index contributed by atoms with van der Waals surface area (Å²) < 4.78 is 19.2. The van der Waals surface area contributed by atoms with E-state index in [2.05, 4.69) is 20.6 Å². The van der Waals surface area contributed by atoms with Crippen molar-refractivity contribution in [2.45, 2.75) is 32.9 Å². The molecule has 1 atom stereocenters. The molecule has 3 aromatic rings. The van der Waals surface area contributed by atoms with Gasteiger partial charge in [-0.25, -0.2) is 9.07 Å². The SMILES string of the molecule is CC[C@H](C)NC(=O)c1nc(Cn2nc(-c3ccc(F)cc3)ccc2=O)no1. The molecule has 1 N–H and O–H groups in total. The highest BCUT2D eigenvalue weighted by Crippen LogP contribution is 2.15. The van der Waals surface area contributed by atoms with Crippen LogP contribution in [0.2, 0.25) is 0 Å². The van der Waals surface area contributed by atoms with Crippen LogP contribution in [0.3, 0.4) is 0 Å². The number of benzene rings is 1. The molecular formula is C18H18FN5O3. The Morgan fingerprint density at radius 1 is 1.26 bits per heavy atom. The van der Waals surface area contributed by atoms with E-state index >= 15 is 0 Å². The predicted molar refractivity (Wildman–Crippen MR) is 94.5 cm³/mol. The number of halogens is 1. The fourth-order valence-corrected chi connectivity index (χ4v) is 2.27. The molecule has 9 heteroatoms. The van der Waals surface area contributed by atoms with E-state index in [0.717, 1.165) is 11.1 Å². The van der Waals surface area contributed by atoms with E-state index in [1.165, 1.54) is 18.2 Å². The smallest absolute Gasteiger partial charge is 0.316 e. The average molecular weight is 371 g/mol. The van der Waals surface area contributed by atoms with Crippen molar-refractivity contribution in [2.24, 2.45) is 0 Å². The van der Waals surface area contributed by atoms with Crippen LogP contribution in [-0.4, -0.2) is 31.9 Å². The maximum atomic E-state index is 13.1. The normalized spacial score (nSPS) is 12.0. The number of aromatic nitrogens is 4. The Morgan fingerprint density at radius 2 is 2.00 bits per heavy atom. The average Bonchev–Trinajstić information content (AvgIpc) is 3.13. The van der Waals surface area contributed by atoms with Crippen molar-refractivity contribution in [1.29, 1.82) is 0 Å². The maximum absolute atomic E-state index is 13.1. The Bertz CT molecular complexity index is 997. The van der Waals surface area contributed by atoms with E-state index < -0.39 is 5.91 Å². The van der Waals surface area contributed by atoms with Crippen LogP contribution in [0.1, 0.15) is 36.8 Å². The topological polar surface area (TPSA) is 103 Å². The number of hydrogen-bond acceptors (Lipinski definition) is 6. The molecule has 0 fully saturated rings. The monoisotopic (exact) mass is 371 g/mol. The number of hydrogen-bond donors (Lipinski definition) is 1. The highest BCUT2D eigenvalue weighted by Gasteiger charge is 2.17. The van der Waals surface area contributed by atoms with Crippen LogP contribution < -0.4 is 10.9 Å². The molecule has 0 saturated carbocycles. The van der Waals surface area contributed by atoms with Crippen LogP contribution in [0.5, 0.6) is 0 Å². The molecule has 0 saturated heterocycles. The lowest BCUT2D eigenvalue weighted by atomic mass is 10.1. The molecule has 8 nitrogen and oxygen atoms in total. The van der Waals surface area contributed by atoms with Crippen LogP contribution in [0.4, 0.5) is 4.39 Å². The Labute approximate surface area is 154 Å². The molecule has 1 aromatic carbocycles. The van der Waals surface area contributed by atoms with E-state index in [4.69, 9.17) is 4.52 Å². The van der Waals surface area contributed by atoms with Crippen LogP contribution in [0, 0.1) is 5.82 Å². The Morgan fingerprint density at radius 3 is 2.70 bits per heavy atom. The summed E-state index contributed by atoms with van der Waals surface area (Å²) in [5.74, 6) is -0.853. The van der Waals surface area contributed by atoms with E-state index in [0.29, 0.717) is 11.3 Å². The molecule has 0 radical (unpaired) electrons. The standard InChI is InChI=1S/C18H18FN5O3/c1-3-11(2)20-17(26)18-21-15(23-27-18)10-24-16(25)9-8-14(22-24)12-4-6-13(19)7-5-12/h4-9,11H,3,10H2,1-2H3,(H,20,26)/t11-/m0/s1. The summed E-state index contributed by atoms with van der Waals surface area (Å²) in [6.45, 7) is 3.74. The van der Waals surface area contributed by atoms with Gasteiger partial charge in [-0.1, -0.05) is 12.1 Å². The second-order valence-corrected chi connectivity index (χ2v) is 6.02. The summed E-state index contributed by atoms with van der Waals surface area (Å²) in [5.41, 5.74) is 0.788. The van der Waals surface area contributed by atoms with Gasteiger partial charge in [0.05, 0.1) is 5.69 Å². The van der Waals surface area contributed by atoms with Crippen LogP contribution in [-0.2, 0) is 6.54 Å². The van der Waals surface area contributed by atoms with E-state index in [1.54, 1.807) is 18.2 Å². The van der Waals surface area contributed by atoms with Crippen molar-refractivity contribution in [3.63, 3.8) is 0 Å². The Hall–Kier alpha value is -3.36. The van der Waals surface area contributed by atoms with Crippen molar-refractivity contribution in [2.75, 3.05) is 0 Å². The third kappa shape index (κ3) is 4.43. The first-order valence-electron chi connectivity index (χ1n) is 8.44. The van der Waals surface area contributed by atoms with Gasteiger partial charge in [0.1, 0.15) is 12.4 Å². The molecule has 0 aliphatic rings. The second kappa shape index (κ2) is 7.90. The van der Waals surface area contributed by atoms with E-state index in [9.17, 15) is 14.0 Å². The van der Waals surface area contributed by atoms with Gasteiger partial charge in [-0.15, -0.1) is 0 Å². The lowest BCUT2D eigenvalue weighted by molar-refractivity contribution is 0.0895. The van der Waals surface area contributed by atoms with Crippen molar-refractivity contribution in [1.82, 2.24) is 25.2 Å². The van der Waals surface area contributed by atoms with E-state index in [1.807, 2.05) is 13.8 Å². The number of nitrogens with one attached hydrogen (secondary N) is 1. The molecule has 27 heavy (non-hydrogen) atoms. The molecule has 3 rings (SSSR count). The van der Waals surface area contributed by atoms with E-state index in [-0.39, 0.29) is 35.7 Å². The minimum atomic E-state index is -0.469. The summed E-state index contributed by atoms with van der Waals surface area (Å²) in [6.07, 6.45) is 0.766. The minimum Gasteiger partial charge on any atom is -0.345 e. The van der Waals surface area contributed by atoms with Crippen molar-refractivity contribution < 1.29 is 13.7 Å². The van der Waals surface area contributed by atoms with Gasteiger partial charge in [0.25, 0.3) is 5.56 Å². The van der Waals surface area contributed by atoms with Crippen molar-refractivity contribution in [3.05, 3.63) is 64.3 Å². The maximum Gasteiger partial charge on any atom is 0.316 e. The first kappa shape index (κ1) is 18.4. The molecule has 0 unspecified atom stereocenters. The third-order valence-corrected chi connectivity index (χ3v) is 3.95. The van der Waals surface area contributed by atoms with Gasteiger partial charge in [0, 0.05) is 17.7 Å². The van der Waals surface area contributed by atoms with Crippen molar-refractivity contribution >= 4 is 5.91 Å². The van der Waals surface area contributed by atoms with Crippen LogP contribution in [0.15, 0.2) is 45.7 Å². The van der Waals surface area contributed by atoms with Gasteiger partial charge in [0.15, 0.2) is 5.82 Å². The molecule has 0 spiro atoms. The highest BCUT2D eigenvalue weighted by atomic mass is 19.1. The van der Waals surface area contributed by atoms with Gasteiger partial charge in [0.2, 0.25) is 0 Å². The molecule has 2 aromatic heterocycles. The van der Waals surface area contributed by atoms with Gasteiger partial charge in [-0.3, -0.25) is 9.59 Å². The Balaban J connectivity index is 1.80. The predicted octanol–water partition coefficient (Wildman–Crippen LogP) is 2.01. The molecule has 0 aliphatic heterocycles. The summed E-state index contributed by atoms with van der Waals surface area (Å²) in [6, 6.07) is 8.64. The lowest BCUT2D eigenvalue weighted by Crippen LogP contribution is -2.32. The summed E-state index contributed by atoms with van der Waals surface area (Å²) >= 11 is 0. The minimum absolute atomic E-state index is 0.0236. The van der Waals surface area contributed by atoms with Gasteiger partial charge in [-0.2, -0.15) is 10.1 Å². The second-order valence-electron chi connectivity index (χ2n) is 6.02. The lowest BCUT2D eigenvalue weighted by Gasteiger charge is -2.07. The van der Waals surface area contributed by atoms with Gasteiger partial charge >= 0.3 is 11.8 Å².